The molecule has 17 rings (SSSR count). The lowest BCUT2D eigenvalue weighted by atomic mass is 9.92. The number of aliphatic hydroxyl groups is 1. The maximum absolute atomic E-state index is 13.2. The first-order chi connectivity index (χ1) is 49.3. The molecule has 506 valence electrons. The van der Waals surface area contributed by atoms with Gasteiger partial charge in [-0.1, -0.05) is 66.7 Å². The van der Waals surface area contributed by atoms with Crippen molar-refractivity contribution in [3.05, 3.63) is 265 Å². The Morgan fingerprint density at radius 3 is 1.72 bits per heavy atom. The number of fused-ring (bicyclic) bond motifs is 27. The Morgan fingerprint density at radius 1 is 0.505 bits per heavy atom. The predicted octanol–water partition coefficient (Wildman–Crippen LogP) is 8.11. The van der Waals surface area contributed by atoms with E-state index in [0.29, 0.717) is 96.7 Å². The van der Waals surface area contributed by atoms with Crippen LogP contribution >= 0.6 is 0 Å². The van der Waals surface area contributed by atoms with E-state index in [-0.39, 0.29) is 60.0 Å². The number of hydrogen-bond donors (Lipinski definition) is 4. The molecule has 6 aromatic carbocycles. The summed E-state index contributed by atoms with van der Waals surface area (Å²) in [5, 5.41) is 38.0. The number of amides is 3. The van der Waals surface area contributed by atoms with E-state index in [1.165, 1.54) is 32.2 Å². The molecule has 4 aliphatic heterocycles. The van der Waals surface area contributed by atoms with Gasteiger partial charge in [0.15, 0.2) is 0 Å². The van der Waals surface area contributed by atoms with Gasteiger partial charge in [0, 0.05) is 90.9 Å². The lowest BCUT2D eigenvalue weighted by molar-refractivity contribution is 0.0825. The van der Waals surface area contributed by atoms with Crippen LogP contribution in [0.15, 0.2) is 215 Å². The van der Waals surface area contributed by atoms with Crippen LogP contribution in [-0.2, 0) is 45.8 Å². The molecule has 0 saturated carbocycles. The van der Waals surface area contributed by atoms with Crippen LogP contribution in [0.1, 0.15) is 60.6 Å². The van der Waals surface area contributed by atoms with Crippen LogP contribution in [0.3, 0.4) is 0 Å². The summed E-state index contributed by atoms with van der Waals surface area (Å²) in [6.45, 7) is 4.35. The molecule has 0 aliphatic carbocycles. The number of carbonyl (C=O) groups is 3. The quantitative estimate of drug-likeness (QED) is 0.113. The van der Waals surface area contributed by atoms with Crippen LogP contribution in [0.2, 0.25) is 0 Å². The monoisotopic (exact) mass is 1350 g/mol. The van der Waals surface area contributed by atoms with Crippen LogP contribution < -0.4 is 47.0 Å². The first kappa shape index (κ1) is 64.1. The van der Waals surface area contributed by atoms with Crippen molar-refractivity contribution >= 4 is 74.5 Å². The molecule has 16 bridgehead atoms. The second-order valence-electron chi connectivity index (χ2n) is 24.7. The van der Waals surface area contributed by atoms with E-state index in [1.54, 1.807) is 86.1 Å². The normalized spacial score (nSPS) is 16.3. The van der Waals surface area contributed by atoms with Crippen molar-refractivity contribution < 1.29 is 29.0 Å². The van der Waals surface area contributed by atoms with Gasteiger partial charge >= 0.3 is 0 Å². The molecule has 3 amide bonds. The molecular formula is C74H66N18O9. The van der Waals surface area contributed by atoms with Crippen molar-refractivity contribution in [2.75, 3.05) is 47.7 Å². The highest BCUT2D eigenvalue weighted by molar-refractivity contribution is 6.06. The van der Waals surface area contributed by atoms with Crippen LogP contribution in [0.4, 0.5) is 23.7 Å². The summed E-state index contributed by atoms with van der Waals surface area (Å²) in [5.41, 5.74) is 9.48. The molecule has 101 heavy (non-hydrogen) atoms. The molecule has 0 spiro atoms. The lowest BCUT2D eigenvalue weighted by Gasteiger charge is -2.36. The minimum absolute atomic E-state index is 0.0104. The molecule has 13 aromatic rings. The molecule has 1 fully saturated rings. The molecule has 11 heterocycles. The van der Waals surface area contributed by atoms with E-state index in [1.807, 2.05) is 122 Å². The number of aryl methyl sites for hydroxylation is 2. The highest BCUT2D eigenvalue weighted by Gasteiger charge is 2.30. The van der Waals surface area contributed by atoms with Crippen molar-refractivity contribution in [2.24, 2.45) is 5.92 Å². The fourth-order valence-electron chi connectivity index (χ4n) is 12.9. The maximum atomic E-state index is 13.2. The van der Waals surface area contributed by atoms with E-state index in [9.17, 15) is 33.9 Å². The Hall–Kier alpha value is -12.9. The number of carbonyl (C=O) groups excluding carboxylic acids is 3. The number of imidazole rings is 3. The largest absolute Gasteiger partial charge is 0.497 e. The highest BCUT2D eigenvalue weighted by Crippen LogP contribution is 2.30. The Bertz CT molecular complexity index is 5570. The van der Waals surface area contributed by atoms with Crippen molar-refractivity contribution in [3.63, 3.8) is 0 Å². The molecule has 27 heteroatoms. The fourth-order valence-corrected chi connectivity index (χ4v) is 12.9. The van der Waals surface area contributed by atoms with Gasteiger partial charge in [0.1, 0.15) is 18.2 Å². The third-order valence-electron chi connectivity index (χ3n) is 18.0. The van der Waals surface area contributed by atoms with Gasteiger partial charge in [0.05, 0.1) is 90.9 Å². The summed E-state index contributed by atoms with van der Waals surface area (Å²) in [6.07, 6.45) is 8.58. The zero-order chi connectivity index (χ0) is 69.1. The first-order valence-electron chi connectivity index (χ1n) is 32.9. The number of allylic oxidation sites excluding steroid dienone is 1. The maximum Gasteiger partial charge on any atom is 0.267 e. The number of para-hydroxylation sites is 4. The van der Waals surface area contributed by atoms with Gasteiger partial charge in [0.25, 0.3) is 34.4 Å². The number of nitrogens with one attached hydrogen (secondary N) is 3. The number of nitrogens with zero attached hydrogens (tertiary/aromatic N) is 15. The van der Waals surface area contributed by atoms with Crippen LogP contribution in [-0.4, -0.2) is 124 Å². The van der Waals surface area contributed by atoms with Gasteiger partial charge < -0.3 is 33.2 Å². The zero-order valence-corrected chi connectivity index (χ0v) is 54.6. The number of piperidine rings is 1. The number of aromatic nitrogens is 14. The van der Waals surface area contributed by atoms with Crippen molar-refractivity contribution in [1.29, 1.82) is 0 Å². The second-order valence-corrected chi connectivity index (χ2v) is 24.7. The minimum atomic E-state index is -0.645. The second kappa shape index (κ2) is 27.9. The first-order valence-corrected chi connectivity index (χ1v) is 32.9. The average Bonchev–Trinajstić information content (AvgIpc) is 1.71. The number of anilines is 4. The van der Waals surface area contributed by atoms with Gasteiger partial charge in [-0.05, 0) is 121 Å². The highest BCUT2D eigenvalue weighted by atomic mass is 16.5. The Balaban J connectivity index is 0.000000123. The van der Waals surface area contributed by atoms with Gasteiger partial charge in [-0.25, -0.2) is 29.0 Å². The summed E-state index contributed by atoms with van der Waals surface area (Å²) < 4.78 is 22.8. The predicted molar refractivity (Wildman–Crippen MR) is 379 cm³/mol. The summed E-state index contributed by atoms with van der Waals surface area (Å²) >= 11 is 0. The van der Waals surface area contributed by atoms with Gasteiger partial charge in [-0.3, -0.25) is 49.4 Å². The number of methoxy groups -OCH3 is 1. The Labute approximate surface area is 574 Å². The van der Waals surface area contributed by atoms with Crippen LogP contribution in [0.5, 0.6) is 11.6 Å². The van der Waals surface area contributed by atoms with Gasteiger partial charge in [0.2, 0.25) is 23.7 Å². The molecule has 1 saturated heterocycles. The number of benzene rings is 6. The number of aliphatic hydroxyl groups excluding tert-OH is 1. The number of hydrogen-bond acceptors (Lipinski definition) is 17. The van der Waals surface area contributed by atoms with Gasteiger partial charge in [-0.2, -0.15) is 15.3 Å². The summed E-state index contributed by atoms with van der Waals surface area (Å²) in [6, 6.07) is 51.9. The minimum Gasteiger partial charge on any atom is -0.497 e. The third kappa shape index (κ3) is 13.9. The summed E-state index contributed by atoms with van der Waals surface area (Å²) in [5.74, 6) is 2.22. The van der Waals surface area contributed by atoms with E-state index >= 15 is 0 Å². The number of rotatable bonds is 1. The zero-order valence-electron chi connectivity index (χ0n) is 54.6. The fraction of sp³-hybridized carbons (Fsp3) is 0.203. The molecule has 2 atom stereocenters. The van der Waals surface area contributed by atoms with E-state index in [2.05, 4.69) is 56.2 Å². The standard InChI is InChI=1S/C26H26N6O3.C25H21N7O3.C23H19N5O3/c33-22-16-31-21-9-2-1-8-20(21)27-26(31)28-25(35)18-6-3-5-17(13-18)14-32-24(34)11-10-23(29-32)30-12-4-7-19(22)15-30;1-35-19-5-7-22-21(12-19)27-25-28-24(34)17-4-2-3-16(11-17)14-32-23(33)8-6-20(29-32)18-13-26-30(15-18)9-10-31(22)25;29-21-11-10-20-26-28(21)15-16-6-5-7-17(14-16)22(30)25-23-24-18-8-1-2-9-19(18)27(23)12-3-4-13-31-20/h1-3,5-6,8-11,13,19,22,33H,4,7,12,14-16H2,(H,27,28,35);2-8,11-13,15H,9-10,14H2,1H3,(H,27,28,34);1-11,14H,12-13,15H2,(H,24,25,30)/b;;4-3-/t19-,22-;;/m0../s1. The van der Waals surface area contributed by atoms with Crippen LogP contribution in [0.25, 0.3) is 44.4 Å². The average molecular weight is 1350 g/mol. The van der Waals surface area contributed by atoms with Crippen molar-refractivity contribution in [3.8, 4) is 22.9 Å². The summed E-state index contributed by atoms with van der Waals surface area (Å²) in [7, 11) is 1.61. The SMILES string of the molecule is COc1ccc2c(c1)nc1n2CCn2cc(cn2)-c2ccc(=O)n(n2)Cc2cccc(c2)C(=O)N1.O=C1Nc2nc3ccccc3n2C/C=C\COc2ccc(=O)n(n2)Cc2cccc1c2.O=C1Nc2nc3ccccc3n2C[C@H](O)[C@H]2CCCN(C2)c2ccc(=O)n(n2)Cc2cccc1c2. The molecule has 0 radical (unpaired) electrons. The molecule has 0 unspecified atom stereocenters. The van der Waals surface area contributed by atoms with E-state index < -0.39 is 6.10 Å². The number of ether oxygens (including phenoxy) is 2. The third-order valence-corrected chi connectivity index (χ3v) is 18.0. The van der Waals surface area contributed by atoms with Gasteiger partial charge in [-0.15, -0.1) is 5.10 Å². The van der Waals surface area contributed by atoms with Crippen molar-refractivity contribution in [1.82, 2.24) is 67.8 Å². The van der Waals surface area contributed by atoms with Crippen LogP contribution in [0, 0.1) is 5.92 Å². The summed E-state index contributed by atoms with van der Waals surface area (Å²) in [4.78, 5) is 92.6. The molecule has 7 aromatic heterocycles. The Morgan fingerprint density at radius 2 is 1.07 bits per heavy atom. The molecule has 4 N–H and O–H groups in total. The topological polar surface area (TPSA) is 305 Å². The van der Waals surface area contributed by atoms with E-state index in [0.717, 1.165) is 75.0 Å². The molecule has 4 aliphatic rings. The Kier molecular flexibility index (Phi) is 17.7. The van der Waals surface area contributed by atoms with E-state index in [4.69, 9.17) is 9.47 Å². The smallest absolute Gasteiger partial charge is 0.267 e. The molecule has 27 nitrogen and oxygen atoms in total. The van der Waals surface area contributed by atoms with Crippen molar-refractivity contribution in [2.45, 2.75) is 64.8 Å². The lowest BCUT2D eigenvalue weighted by Crippen LogP contribution is -2.43. The molecular weight excluding hydrogens is 1280 g/mol.